The monoisotopic (exact) mass is 300 g/mol. The topological polar surface area (TPSA) is 38.9 Å². The van der Waals surface area contributed by atoms with Crippen LogP contribution in [0.2, 0.25) is 0 Å². The number of nitrogens with zero attached hydrogens (tertiary/aromatic N) is 1. The quantitative estimate of drug-likeness (QED) is 0.758. The molecule has 0 amide bonds. The summed E-state index contributed by atoms with van der Waals surface area (Å²) in [5, 5.41) is 1.04. The smallest absolute Gasteiger partial charge is 0.0715 e. The molecule has 0 radical (unpaired) electrons. The van der Waals surface area contributed by atoms with Crippen LogP contribution in [0.4, 0.5) is 5.69 Å². The molecule has 1 aromatic carbocycles. The highest BCUT2D eigenvalue weighted by molar-refractivity contribution is 9.10. The van der Waals surface area contributed by atoms with Crippen LogP contribution in [-0.2, 0) is 0 Å². The van der Waals surface area contributed by atoms with Gasteiger partial charge < -0.3 is 5.73 Å². The van der Waals surface area contributed by atoms with Crippen molar-refractivity contribution in [2.24, 2.45) is 0 Å². The third-order valence-corrected chi connectivity index (χ3v) is 2.89. The SMILES string of the molecule is Nc1cc2cc(Br)cnc2cc1Br. The van der Waals surface area contributed by atoms with Gasteiger partial charge >= 0.3 is 0 Å². The average molecular weight is 302 g/mol. The lowest BCUT2D eigenvalue weighted by Gasteiger charge is -2.01. The van der Waals surface area contributed by atoms with Crippen LogP contribution < -0.4 is 5.73 Å². The fraction of sp³-hybridized carbons (Fsp3) is 0. The molecule has 1 heterocycles. The highest BCUT2D eigenvalue weighted by Gasteiger charge is 2.00. The number of hydrogen-bond donors (Lipinski definition) is 1. The van der Waals surface area contributed by atoms with Gasteiger partial charge in [0.25, 0.3) is 0 Å². The first kappa shape index (κ1) is 8.97. The van der Waals surface area contributed by atoms with E-state index in [1.807, 2.05) is 18.2 Å². The fourth-order valence-corrected chi connectivity index (χ4v) is 1.82. The molecular formula is C9H6Br2N2. The Bertz CT molecular complexity index is 468. The molecule has 2 N–H and O–H groups in total. The van der Waals surface area contributed by atoms with Crippen molar-refractivity contribution in [3.05, 3.63) is 33.3 Å². The Morgan fingerprint density at radius 2 is 1.92 bits per heavy atom. The molecule has 0 aliphatic heterocycles. The summed E-state index contributed by atoms with van der Waals surface area (Å²) in [4.78, 5) is 4.25. The number of nitrogen functional groups attached to an aromatic ring is 1. The number of rotatable bonds is 0. The van der Waals surface area contributed by atoms with Crippen molar-refractivity contribution in [3.63, 3.8) is 0 Å². The van der Waals surface area contributed by atoms with E-state index in [0.717, 1.165) is 25.5 Å². The Balaban J connectivity index is 2.81. The normalized spacial score (nSPS) is 10.6. The molecule has 13 heavy (non-hydrogen) atoms. The van der Waals surface area contributed by atoms with Crippen LogP contribution in [0.1, 0.15) is 0 Å². The number of nitrogens with two attached hydrogens (primary N) is 1. The van der Waals surface area contributed by atoms with Crippen molar-refractivity contribution in [1.29, 1.82) is 0 Å². The van der Waals surface area contributed by atoms with Crippen molar-refractivity contribution in [3.8, 4) is 0 Å². The molecule has 0 aliphatic carbocycles. The minimum Gasteiger partial charge on any atom is -0.398 e. The fourth-order valence-electron chi connectivity index (χ4n) is 1.14. The van der Waals surface area contributed by atoms with Gasteiger partial charge in [-0.3, -0.25) is 4.98 Å². The lowest BCUT2D eigenvalue weighted by molar-refractivity contribution is 1.39. The first-order valence-corrected chi connectivity index (χ1v) is 5.26. The summed E-state index contributed by atoms with van der Waals surface area (Å²) < 4.78 is 1.84. The maximum absolute atomic E-state index is 5.75. The lowest BCUT2D eigenvalue weighted by atomic mass is 10.2. The van der Waals surface area contributed by atoms with E-state index in [1.54, 1.807) is 6.20 Å². The molecule has 0 bridgehead atoms. The second kappa shape index (κ2) is 3.27. The van der Waals surface area contributed by atoms with E-state index >= 15 is 0 Å². The van der Waals surface area contributed by atoms with Gasteiger partial charge in [-0.1, -0.05) is 0 Å². The van der Waals surface area contributed by atoms with Crippen LogP contribution in [-0.4, -0.2) is 4.98 Å². The molecule has 0 saturated heterocycles. The molecular weight excluding hydrogens is 296 g/mol. The lowest BCUT2D eigenvalue weighted by Crippen LogP contribution is -1.87. The number of pyridine rings is 1. The second-order valence-electron chi connectivity index (χ2n) is 2.72. The molecule has 2 nitrogen and oxygen atoms in total. The summed E-state index contributed by atoms with van der Waals surface area (Å²) in [6, 6.07) is 5.80. The summed E-state index contributed by atoms with van der Waals surface area (Å²) in [6.45, 7) is 0. The van der Waals surface area contributed by atoms with Gasteiger partial charge in [0.05, 0.1) is 5.52 Å². The van der Waals surface area contributed by atoms with Gasteiger partial charge in [-0.15, -0.1) is 0 Å². The molecule has 0 spiro atoms. The van der Waals surface area contributed by atoms with Crippen molar-refractivity contribution >= 4 is 48.5 Å². The second-order valence-corrected chi connectivity index (χ2v) is 4.49. The Hall–Kier alpha value is -0.610. The van der Waals surface area contributed by atoms with Crippen LogP contribution >= 0.6 is 31.9 Å². The van der Waals surface area contributed by atoms with Crippen LogP contribution in [0, 0.1) is 0 Å². The molecule has 0 fully saturated rings. The van der Waals surface area contributed by atoms with Gasteiger partial charge in [-0.05, 0) is 50.1 Å². The predicted octanol–water partition coefficient (Wildman–Crippen LogP) is 3.34. The molecule has 0 unspecified atom stereocenters. The molecule has 0 aliphatic rings. The zero-order valence-corrected chi connectivity index (χ0v) is 9.76. The number of hydrogen-bond acceptors (Lipinski definition) is 2. The van der Waals surface area contributed by atoms with Gasteiger partial charge in [-0.25, -0.2) is 0 Å². The Morgan fingerprint density at radius 3 is 2.69 bits per heavy atom. The summed E-state index contributed by atoms with van der Waals surface area (Å²) >= 11 is 6.72. The predicted molar refractivity (Wildman–Crippen MR) is 61.6 cm³/mol. The van der Waals surface area contributed by atoms with Crippen LogP contribution in [0.25, 0.3) is 10.9 Å². The summed E-state index contributed by atoms with van der Waals surface area (Å²) in [5.41, 5.74) is 7.41. The molecule has 2 rings (SSSR count). The van der Waals surface area contributed by atoms with Gasteiger partial charge in [0.2, 0.25) is 0 Å². The van der Waals surface area contributed by atoms with Crippen molar-refractivity contribution in [2.75, 3.05) is 5.73 Å². The molecule has 2 aromatic rings. The van der Waals surface area contributed by atoms with Crippen molar-refractivity contribution < 1.29 is 0 Å². The average Bonchev–Trinajstić information content (AvgIpc) is 2.08. The van der Waals surface area contributed by atoms with E-state index in [0.29, 0.717) is 0 Å². The summed E-state index contributed by atoms with van der Waals surface area (Å²) in [5.74, 6) is 0. The first-order valence-electron chi connectivity index (χ1n) is 3.67. The van der Waals surface area contributed by atoms with E-state index in [-0.39, 0.29) is 0 Å². The van der Waals surface area contributed by atoms with Gasteiger partial charge in [0, 0.05) is 26.2 Å². The maximum Gasteiger partial charge on any atom is 0.0715 e. The number of aromatic nitrogens is 1. The Labute approximate surface area is 92.4 Å². The van der Waals surface area contributed by atoms with E-state index in [9.17, 15) is 0 Å². The van der Waals surface area contributed by atoms with Gasteiger partial charge in [-0.2, -0.15) is 0 Å². The largest absolute Gasteiger partial charge is 0.398 e. The molecule has 1 aromatic heterocycles. The third-order valence-electron chi connectivity index (χ3n) is 1.77. The Morgan fingerprint density at radius 1 is 1.15 bits per heavy atom. The summed E-state index contributed by atoms with van der Waals surface area (Å²) in [7, 11) is 0. The van der Waals surface area contributed by atoms with Crippen LogP contribution in [0.5, 0.6) is 0 Å². The molecule has 0 atom stereocenters. The number of halogens is 2. The van der Waals surface area contributed by atoms with E-state index < -0.39 is 0 Å². The number of benzene rings is 1. The highest BCUT2D eigenvalue weighted by atomic mass is 79.9. The van der Waals surface area contributed by atoms with E-state index in [2.05, 4.69) is 36.8 Å². The van der Waals surface area contributed by atoms with Crippen LogP contribution in [0.15, 0.2) is 33.3 Å². The summed E-state index contributed by atoms with van der Waals surface area (Å²) in [6.07, 6.45) is 1.77. The minimum atomic E-state index is 0.729. The van der Waals surface area contributed by atoms with Crippen molar-refractivity contribution in [1.82, 2.24) is 4.98 Å². The molecule has 0 saturated carbocycles. The first-order chi connectivity index (χ1) is 6.16. The molecule has 66 valence electrons. The number of fused-ring (bicyclic) bond motifs is 1. The van der Waals surface area contributed by atoms with E-state index in [1.165, 1.54) is 0 Å². The highest BCUT2D eigenvalue weighted by Crippen LogP contribution is 2.26. The zero-order chi connectivity index (χ0) is 9.42. The molecule has 4 heteroatoms. The van der Waals surface area contributed by atoms with Crippen LogP contribution in [0.3, 0.4) is 0 Å². The maximum atomic E-state index is 5.75. The third kappa shape index (κ3) is 1.69. The Kier molecular flexibility index (Phi) is 2.26. The minimum absolute atomic E-state index is 0.729. The van der Waals surface area contributed by atoms with Gasteiger partial charge in [0.1, 0.15) is 0 Å². The van der Waals surface area contributed by atoms with Gasteiger partial charge in [0.15, 0.2) is 0 Å². The number of anilines is 1. The van der Waals surface area contributed by atoms with E-state index in [4.69, 9.17) is 5.73 Å². The standard InChI is InChI=1S/C9H6Br2N2/c10-6-1-5-2-8(12)7(11)3-9(5)13-4-6/h1-4H,12H2. The van der Waals surface area contributed by atoms with Crippen molar-refractivity contribution in [2.45, 2.75) is 0 Å². The zero-order valence-electron chi connectivity index (χ0n) is 6.59.